The number of nitrogens with two attached hydrogens (primary N) is 1. The van der Waals surface area contributed by atoms with Crippen LogP contribution in [-0.2, 0) is 6.54 Å². The zero-order valence-electron chi connectivity index (χ0n) is 10.4. The van der Waals surface area contributed by atoms with Gasteiger partial charge in [0.05, 0.1) is 0 Å². The molecular weight excluding hydrogens is 248 g/mol. The predicted molar refractivity (Wildman–Crippen MR) is 71.7 cm³/mol. The second kappa shape index (κ2) is 5.41. The largest absolute Gasteiger partial charge is 0.344 e. The maximum Gasteiger partial charge on any atom is 0.344 e. The van der Waals surface area contributed by atoms with Crippen molar-refractivity contribution in [2.24, 2.45) is 5.73 Å². The Bertz CT molecular complexity index is 588. The van der Waals surface area contributed by atoms with Gasteiger partial charge in [-0.05, 0) is 37.2 Å². The zero-order chi connectivity index (χ0) is 13.1. The number of benzene rings is 1. The monoisotopic (exact) mass is 264 g/mol. The standard InChI is InChI=1S/C12H16N4OS/c1-8(2)16-11(17)14-15-12(16)18-10-6-4-3-5-9(10)7-13/h3-6,8H,7,13H2,1-2H3,(H,14,17). The maximum atomic E-state index is 11.6. The second-order valence-electron chi connectivity index (χ2n) is 4.19. The Morgan fingerprint density at radius 3 is 2.83 bits per heavy atom. The van der Waals surface area contributed by atoms with Crippen molar-refractivity contribution in [3.63, 3.8) is 0 Å². The number of nitrogens with one attached hydrogen (secondary N) is 1. The van der Waals surface area contributed by atoms with Gasteiger partial charge < -0.3 is 5.73 Å². The van der Waals surface area contributed by atoms with Crippen molar-refractivity contribution in [1.29, 1.82) is 0 Å². The fourth-order valence-electron chi connectivity index (χ4n) is 1.69. The molecule has 0 fully saturated rings. The third-order valence-electron chi connectivity index (χ3n) is 2.58. The fourth-order valence-corrected chi connectivity index (χ4v) is 2.80. The molecule has 1 heterocycles. The average Bonchev–Trinajstić information content (AvgIpc) is 2.71. The summed E-state index contributed by atoms with van der Waals surface area (Å²) in [6.07, 6.45) is 0. The van der Waals surface area contributed by atoms with E-state index < -0.39 is 0 Å². The van der Waals surface area contributed by atoms with Crippen LogP contribution in [0.4, 0.5) is 0 Å². The van der Waals surface area contributed by atoms with Crippen LogP contribution in [0.15, 0.2) is 39.1 Å². The molecule has 2 rings (SSSR count). The lowest BCUT2D eigenvalue weighted by Gasteiger charge is -2.10. The topological polar surface area (TPSA) is 76.7 Å². The molecule has 0 saturated heterocycles. The first-order chi connectivity index (χ1) is 8.63. The molecule has 2 aromatic rings. The molecule has 0 radical (unpaired) electrons. The van der Waals surface area contributed by atoms with E-state index in [4.69, 9.17) is 5.73 Å². The third kappa shape index (κ3) is 2.49. The molecule has 0 aliphatic rings. The first-order valence-electron chi connectivity index (χ1n) is 5.76. The Morgan fingerprint density at radius 1 is 1.44 bits per heavy atom. The minimum absolute atomic E-state index is 0.0730. The molecule has 0 amide bonds. The molecule has 0 aliphatic heterocycles. The van der Waals surface area contributed by atoms with Crippen LogP contribution in [0.2, 0.25) is 0 Å². The minimum atomic E-state index is -0.183. The molecule has 18 heavy (non-hydrogen) atoms. The first kappa shape index (κ1) is 12.9. The number of hydrogen-bond acceptors (Lipinski definition) is 4. The minimum Gasteiger partial charge on any atom is -0.326 e. The quantitative estimate of drug-likeness (QED) is 0.882. The Balaban J connectivity index is 2.37. The van der Waals surface area contributed by atoms with E-state index in [9.17, 15) is 4.79 Å². The summed E-state index contributed by atoms with van der Waals surface area (Å²) in [5.41, 5.74) is 6.56. The van der Waals surface area contributed by atoms with Crippen LogP contribution in [0.1, 0.15) is 25.5 Å². The van der Waals surface area contributed by atoms with Gasteiger partial charge in [0.15, 0.2) is 5.16 Å². The number of hydrogen-bond donors (Lipinski definition) is 2. The predicted octanol–water partition coefficient (Wildman–Crippen LogP) is 1.76. The van der Waals surface area contributed by atoms with E-state index in [-0.39, 0.29) is 11.7 Å². The molecule has 0 atom stereocenters. The molecule has 1 aromatic carbocycles. The molecule has 5 nitrogen and oxygen atoms in total. The molecule has 1 aromatic heterocycles. The Labute approximate surface area is 109 Å². The van der Waals surface area contributed by atoms with Crippen LogP contribution in [0.3, 0.4) is 0 Å². The van der Waals surface area contributed by atoms with E-state index in [1.54, 1.807) is 4.57 Å². The van der Waals surface area contributed by atoms with Crippen LogP contribution < -0.4 is 11.4 Å². The van der Waals surface area contributed by atoms with Gasteiger partial charge in [-0.25, -0.2) is 9.89 Å². The van der Waals surface area contributed by atoms with Crippen molar-refractivity contribution in [2.75, 3.05) is 0 Å². The van der Waals surface area contributed by atoms with Crippen molar-refractivity contribution in [2.45, 2.75) is 36.5 Å². The Kier molecular flexibility index (Phi) is 3.88. The van der Waals surface area contributed by atoms with Crippen molar-refractivity contribution < 1.29 is 0 Å². The zero-order valence-corrected chi connectivity index (χ0v) is 11.2. The molecule has 0 bridgehead atoms. The highest BCUT2D eigenvalue weighted by Crippen LogP contribution is 2.29. The van der Waals surface area contributed by atoms with Gasteiger partial charge in [0.25, 0.3) is 0 Å². The van der Waals surface area contributed by atoms with Gasteiger partial charge in [0.1, 0.15) is 0 Å². The summed E-state index contributed by atoms with van der Waals surface area (Å²) in [4.78, 5) is 12.7. The molecule has 96 valence electrons. The Hall–Kier alpha value is -1.53. The van der Waals surface area contributed by atoms with Crippen LogP contribution in [0, 0.1) is 0 Å². The van der Waals surface area contributed by atoms with Crippen molar-refractivity contribution in [3.05, 3.63) is 40.3 Å². The normalized spacial score (nSPS) is 11.1. The lowest BCUT2D eigenvalue weighted by molar-refractivity contribution is 0.534. The highest BCUT2D eigenvalue weighted by atomic mass is 32.2. The molecule has 0 unspecified atom stereocenters. The molecule has 0 spiro atoms. The van der Waals surface area contributed by atoms with E-state index in [0.29, 0.717) is 11.7 Å². The van der Waals surface area contributed by atoms with Crippen molar-refractivity contribution >= 4 is 11.8 Å². The lowest BCUT2D eigenvalue weighted by Crippen LogP contribution is -2.19. The summed E-state index contributed by atoms with van der Waals surface area (Å²) in [5.74, 6) is 0. The number of nitrogens with zero attached hydrogens (tertiary/aromatic N) is 2. The smallest absolute Gasteiger partial charge is 0.326 e. The van der Waals surface area contributed by atoms with Crippen molar-refractivity contribution in [1.82, 2.24) is 14.8 Å². The molecule has 3 N–H and O–H groups in total. The molecule has 0 saturated carbocycles. The molecular formula is C12H16N4OS. The van der Waals surface area contributed by atoms with Gasteiger partial charge in [0, 0.05) is 17.5 Å². The van der Waals surface area contributed by atoms with Crippen LogP contribution in [0.25, 0.3) is 0 Å². The number of aromatic nitrogens is 3. The highest BCUT2D eigenvalue weighted by molar-refractivity contribution is 7.99. The van der Waals surface area contributed by atoms with Crippen LogP contribution in [-0.4, -0.2) is 14.8 Å². The fraction of sp³-hybridized carbons (Fsp3) is 0.333. The number of H-pyrrole nitrogens is 1. The van der Waals surface area contributed by atoms with E-state index in [0.717, 1.165) is 10.5 Å². The van der Waals surface area contributed by atoms with Gasteiger partial charge in [0.2, 0.25) is 0 Å². The average molecular weight is 264 g/mol. The Morgan fingerprint density at radius 2 is 2.17 bits per heavy atom. The van der Waals surface area contributed by atoms with Gasteiger partial charge in [-0.3, -0.25) is 4.57 Å². The number of rotatable bonds is 4. The maximum absolute atomic E-state index is 11.6. The van der Waals surface area contributed by atoms with Crippen LogP contribution >= 0.6 is 11.8 Å². The summed E-state index contributed by atoms with van der Waals surface area (Å²) >= 11 is 1.46. The third-order valence-corrected chi connectivity index (χ3v) is 3.67. The van der Waals surface area contributed by atoms with Gasteiger partial charge in [-0.15, -0.1) is 5.10 Å². The van der Waals surface area contributed by atoms with E-state index >= 15 is 0 Å². The first-order valence-corrected chi connectivity index (χ1v) is 6.58. The summed E-state index contributed by atoms with van der Waals surface area (Å²) < 4.78 is 1.64. The summed E-state index contributed by atoms with van der Waals surface area (Å²) in [6, 6.07) is 7.94. The van der Waals surface area contributed by atoms with Gasteiger partial charge in [-0.2, -0.15) is 0 Å². The summed E-state index contributed by atoms with van der Waals surface area (Å²) in [6.45, 7) is 4.38. The van der Waals surface area contributed by atoms with Gasteiger partial charge >= 0.3 is 5.69 Å². The van der Waals surface area contributed by atoms with E-state index in [1.165, 1.54) is 11.8 Å². The van der Waals surface area contributed by atoms with E-state index in [2.05, 4.69) is 10.2 Å². The lowest BCUT2D eigenvalue weighted by atomic mass is 10.2. The number of aromatic amines is 1. The second-order valence-corrected chi connectivity index (χ2v) is 5.20. The van der Waals surface area contributed by atoms with Crippen molar-refractivity contribution in [3.8, 4) is 0 Å². The molecule has 0 aliphatic carbocycles. The molecule has 6 heteroatoms. The van der Waals surface area contributed by atoms with Gasteiger partial charge in [-0.1, -0.05) is 18.2 Å². The van der Waals surface area contributed by atoms with E-state index in [1.807, 2.05) is 38.1 Å². The highest BCUT2D eigenvalue weighted by Gasteiger charge is 2.13. The summed E-state index contributed by atoms with van der Waals surface area (Å²) in [5, 5.41) is 7.20. The van der Waals surface area contributed by atoms with Crippen LogP contribution in [0.5, 0.6) is 0 Å². The summed E-state index contributed by atoms with van der Waals surface area (Å²) in [7, 11) is 0. The SMILES string of the molecule is CC(C)n1c(Sc2ccccc2CN)n[nH]c1=O.